The van der Waals surface area contributed by atoms with Crippen LogP contribution in [-0.4, -0.2) is 68.0 Å². The maximum atomic E-state index is 12.5. The Morgan fingerprint density at radius 2 is 1.85 bits per heavy atom. The fourth-order valence-electron chi connectivity index (χ4n) is 2.86. The third-order valence-corrected chi connectivity index (χ3v) is 6.23. The maximum absolute atomic E-state index is 12.5. The lowest BCUT2D eigenvalue weighted by atomic mass is 10.1. The molecule has 2 saturated heterocycles. The zero-order chi connectivity index (χ0) is 14.2. The monoisotopic (exact) mass is 325 g/mol. The lowest BCUT2D eigenvalue weighted by molar-refractivity contribution is -0.128. The van der Waals surface area contributed by atoms with Gasteiger partial charge in [-0.25, -0.2) is 8.42 Å². The predicted molar refractivity (Wildman–Crippen MR) is 80.5 cm³/mol. The number of nitrogens with zero attached hydrogens (tertiary/aromatic N) is 2. The van der Waals surface area contributed by atoms with E-state index in [0.717, 1.165) is 19.3 Å². The van der Waals surface area contributed by atoms with Crippen molar-refractivity contribution in [3.63, 3.8) is 0 Å². The van der Waals surface area contributed by atoms with E-state index in [-0.39, 0.29) is 24.4 Å². The molecule has 1 amide bonds. The molecule has 2 bridgehead atoms. The van der Waals surface area contributed by atoms with Gasteiger partial charge in [0.15, 0.2) is 5.25 Å². The Bertz CT molecular complexity index is 455. The number of rotatable bonds is 3. The van der Waals surface area contributed by atoms with Gasteiger partial charge < -0.3 is 10.2 Å². The van der Waals surface area contributed by atoms with Crippen molar-refractivity contribution >= 4 is 28.3 Å². The van der Waals surface area contributed by atoms with Crippen LogP contribution >= 0.6 is 12.4 Å². The van der Waals surface area contributed by atoms with Crippen molar-refractivity contribution in [2.75, 3.05) is 27.2 Å². The van der Waals surface area contributed by atoms with Gasteiger partial charge in [-0.1, -0.05) is 0 Å². The molecule has 0 aromatic rings. The molecule has 0 aromatic carbocycles. The van der Waals surface area contributed by atoms with Crippen molar-refractivity contribution < 1.29 is 13.2 Å². The third kappa shape index (κ3) is 3.44. The molecular formula is C12H24ClN3O3S. The minimum atomic E-state index is -3.55. The number of nitrogens with one attached hydrogen (secondary N) is 1. The summed E-state index contributed by atoms with van der Waals surface area (Å²) in [6.07, 6.45) is 2.98. The first-order valence-electron chi connectivity index (χ1n) is 6.78. The van der Waals surface area contributed by atoms with Crippen molar-refractivity contribution in [3.8, 4) is 0 Å². The Morgan fingerprint density at radius 3 is 2.45 bits per heavy atom. The Kier molecular flexibility index (Phi) is 5.83. The highest BCUT2D eigenvalue weighted by molar-refractivity contribution is 7.90. The normalized spacial score (nSPS) is 28.4. The largest absolute Gasteiger partial charge is 0.348 e. The quantitative estimate of drug-likeness (QED) is 0.795. The summed E-state index contributed by atoms with van der Waals surface area (Å²) in [4.78, 5) is 13.2. The van der Waals surface area contributed by atoms with Gasteiger partial charge in [0.05, 0.1) is 0 Å². The van der Waals surface area contributed by atoms with Crippen LogP contribution in [0.5, 0.6) is 0 Å². The van der Waals surface area contributed by atoms with Crippen LogP contribution in [0.2, 0.25) is 0 Å². The van der Waals surface area contributed by atoms with Crippen molar-refractivity contribution in [1.29, 1.82) is 0 Å². The highest BCUT2D eigenvalue weighted by Gasteiger charge is 2.39. The molecule has 0 aromatic heterocycles. The number of halogens is 1. The molecule has 3 atom stereocenters. The number of carbonyl (C=O) groups excluding carboxylic acids is 1. The second-order valence-electron chi connectivity index (χ2n) is 5.70. The van der Waals surface area contributed by atoms with Crippen molar-refractivity contribution in [2.45, 2.75) is 43.5 Å². The van der Waals surface area contributed by atoms with E-state index >= 15 is 0 Å². The smallest absolute Gasteiger partial charge is 0.241 e. The van der Waals surface area contributed by atoms with Crippen molar-refractivity contribution in [2.24, 2.45) is 0 Å². The standard InChI is InChI=1S/C12H23N3O3S.ClH/c1-9(12(16)14(2)3)19(17,18)15-7-6-10-4-5-11(8-15)13-10;/h9-11,13H,4-8H2,1-3H3;1H. The zero-order valence-corrected chi connectivity index (χ0v) is 13.8. The summed E-state index contributed by atoms with van der Waals surface area (Å²) in [7, 11) is -0.383. The lowest BCUT2D eigenvalue weighted by Gasteiger charge is -2.27. The number of fused-ring (bicyclic) bond motifs is 2. The van der Waals surface area contributed by atoms with E-state index in [0.29, 0.717) is 19.1 Å². The molecule has 8 heteroatoms. The first-order chi connectivity index (χ1) is 8.82. The molecule has 1 N–H and O–H groups in total. The van der Waals surface area contributed by atoms with Crippen LogP contribution in [0.3, 0.4) is 0 Å². The highest BCUT2D eigenvalue weighted by atomic mass is 35.5. The van der Waals surface area contributed by atoms with E-state index in [9.17, 15) is 13.2 Å². The number of hydrogen-bond donors (Lipinski definition) is 1. The molecule has 20 heavy (non-hydrogen) atoms. The topological polar surface area (TPSA) is 69.7 Å². The summed E-state index contributed by atoms with van der Waals surface area (Å²) >= 11 is 0. The van der Waals surface area contributed by atoms with Gasteiger partial charge in [0, 0.05) is 39.3 Å². The molecular weight excluding hydrogens is 302 g/mol. The summed E-state index contributed by atoms with van der Waals surface area (Å²) in [5.74, 6) is -0.359. The average Bonchev–Trinajstić information content (AvgIpc) is 2.66. The van der Waals surface area contributed by atoms with Crippen LogP contribution in [0.15, 0.2) is 0 Å². The molecule has 2 fully saturated rings. The highest BCUT2D eigenvalue weighted by Crippen LogP contribution is 2.23. The van der Waals surface area contributed by atoms with Gasteiger partial charge in [-0.3, -0.25) is 4.79 Å². The summed E-state index contributed by atoms with van der Waals surface area (Å²) < 4.78 is 26.5. The number of amides is 1. The molecule has 3 unspecified atom stereocenters. The molecule has 0 radical (unpaired) electrons. The van der Waals surface area contributed by atoms with Crippen LogP contribution in [0.1, 0.15) is 26.2 Å². The van der Waals surface area contributed by atoms with Gasteiger partial charge in [0.2, 0.25) is 15.9 Å². The van der Waals surface area contributed by atoms with Crippen LogP contribution in [0.4, 0.5) is 0 Å². The molecule has 118 valence electrons. The molecule has 2 rings (SSSR count). The van der Waals surface area contributed by atoms with Crippen molar-refractivity contribution in [1.82, 2.24) is 14.5 Å². The van der Waals surface area contributed by atoms with E-state index in [2.05, 4.69) is 5.32 Å². The second kappa shape index (κ2) is 6.60. The maximum Gasteiger partial charge on any atom is 0.241 e. The van der Waals surface area contributed by atoms with Crippen LogP contribution in [0, 0.1) is 0 Å². The minimum Gasteiger partial charge on any atom is -0.348 e. The van der Waals surface area contributed by atoms with Gasteiger partial charge >= 0.3 is 0 Å². The first kappa shape index (κ1) is 17.7. The van der Waals surface area contributed by atoms with E-state index in [4.69, 9.17) is 0 Å². The van der Waals surface area contributed by atoms with Gasteiger partial charge in [-0.2, -0.15) is 4.31 Å². The molecule has 2 aliphatic heterocycles. The summed E-state index contributed by atoms with van der Waals surface area (Å²) in [5.41, 5.74) is 0. The Morgan fingerprint density at radius 1 is 1.25 bits per heavy atom. The van der Waals surface area contributed by atoms with Gasteiger partial charge in [0.25, 0.3) is 0 Å². The van der Waals surface area contributed by atoms with E-state index in [1.54, 1.807) is 14.1 Å². The molecule has 0 saturated carbocycles. The average molecular weight is 326 g/mol. The number of hydrogen-bond acceptors (Lipinski definition) is 4. The second-order valence-corrected chi connectivity index (χ2v) is 7.96. The van der Waals surface area contributed by atoms with Crippen LogP contribution < -0.4 is 5.32 Å². The number of sulfonamides is 1. The molecule has 0 aliphatic carbocycles. The van der Waals surface area contributed by atoms with Crippen molar-refractivity contribution in [3.05, 3.63) is 0 Å². The molecule has 0 spiro atoms. The zero-order valence-electron chi connectivity index (χ0n) is 12.2. The Labute approximate surface area is 127 Å². The molecule has 2 aliphatic rings. The Balaban J connectivity index is 0.00000200. The van der Waals surface area contributed by atoms with Crippen LogP contribution in [-0.2, 0) is 14.8 Å². The lowest BCUT2D eigenvalue weighted by Crippen LogP contribution is -2.47. The minimum absolute atomic E-state index is 0. The summed E-state index contributed by atoms with van der Waals surface area (Å²) in [6.45, 7) is 2.49. The summed E-state index contributed by atoms with van der Waals surface area (Å²) in [5, 5.41) is 2.44. The van der Waals surface area contributed by atoms with Crippen LogP contribution in [0.25, 0.3) is 0 Å². The number of carbonyl (C=O) groups is 1. The molecule has 6 nitrogen and oxygen atoms in total. The van der Waals surface area contributed by atoms with E-state index < -0.39 is 15.3 Å². The van der Waals surface area contributed by atoms with Gasteiger partial charge in [0.1, 0.15) is 0 Å². The van der Waals surface area contributed by atoms with Gasteiger partial charge in [-0.15, -0.1) is 12.4 Å². The Hall–Kier alpha value is -0.370. The first-order valence-corrected chi connectivity index (χ1v) is 8.29. The summed E-state index contributed by atoms with van der Waals surface area (Å²) in [6, 6.07) is 0.675. The van der Waals surface area contributed by atoms with E-state index in [1.807, 2.05) is 0 Å². The SMILES string of the molecule is CC(C(=O)N(C)C)S(=O)(=O)N1CCC2CCC(C1)N2.Cl. The fraction of sp³-hybridized carbons (Fsp3) is 0.917. The van der Waals surface area contributed by atoms with E-state index in [1.165, 1.54) is 16.1 Å². The fourth-order valence-corrected chi connectivity index (χ4v) is 4.52. The molecule has 2 heterocycles. The van der Waals surface area contributed by atoms with Gasteiger partial charge in [-0.05, 0) is 26.2 Å². The third-order valence-electron chi connectivity index (χ3n) is 4.08. The predicted octanol–water partition coefficient (Wildman–Crippen LogP) is 0.0410.